The lowest BCUT2D eigenvalue weighted by Gasteiger charge is -2.45. The molecule has 1 aliphatic carbocycles. The van der Waals surface area contributed by atoms with Gasteiger partial charge in [-0.3, -0.25) is 0 Å². The highest BCUT2D eigenvalue weighted by Gasteiger charge is 2.34. The van der Waals surface area contributed by atoms with Gasteiger partial charge in [-0.2, -0.15) is 0 Å². The molecule has 2 fully saturated rings. The molecule has 1 aliphatic heterocycles. The van der Waals surface area contributed by atoms with Crippen molar-refractivity contribution in [1.82, 2.24) is 10.6 Å². The molecule has 1 saturated carbocycles. The number of nitrogens with one attached hydrogen (secondary N) is 2. The fourth-order valence-electron chi connectivity index (χ4n) is 2.49. The van der Waals surface area contributed by atoms with Gasteiger partial charge in [-0.25, -0.2) is 0 Å². The van der Waals surface area contributed by atoms with Gasteiger partial charge in [-0.15, -0.1) is 24.8 Å². The fourth-order valence-corrected chi connectivity index (χ4v) is 2.49. The van der Waals surface area contributed by atoms with E-state index in [1.807, 2.05) is 0 Å². The summed E-state index contributed by atoms with van der Waals surface area (Å²) in [6.45, 7) is 5.68. The van der Waals surface area contributed by atoms with Crippen molar-refractivity contribution in [1.29, 1.82) is 0 Å². The molecular weight excluding hydrogens is 219 g/mol. The number of rotatable bonds is 0. The largest absolute Gasteiger partial charge is 0.311 e. The standard InChI is InChI=1S/C10H20N2.2ClH/c1-10(2)7-11-8-5-3-4-6-9(8)12-10;;/h8-9,11-12H,3-7H2,1-2H3;2*1H. The van der Waals surface area contributed by atoms with Gasteiger partial charge in [-0.05, 0) is 26.7 Å². The maximum atomic E-state index is 3.73. The predicted molar refractivity (Wildman–Crippen MR) is 65.8 cm³/mol. The van der Waals surface area contributed by atoms with E-state index in [0.29, 0.717) is 5.54 Å². The first-order chi connectivity index (χ1) is 5.67. The molecule has 2 atom stereocenters. The summed E-state index contributed by atoms with van der Waals surface area (Å²) < 4.78 is 0. The van der Waals surface area contributed by atoms with Crippen LogP contribution in [0.2, 0.25) is 0 Å². The molecule has 2 aliphatic rings. The van der Waals surface area contributed by atoms with Crippen molar-refractivity contribution in [2.45, 2.75) is 57.2 Å². The molecule has 0 radical (unpaired) electrons. The van der Waals surface area contributed by atoms with E-state index < -0.39 is 0 Å². The summed E-state index contributed by atoms with van der Waals surface area (Å²) in [6, 6.07) is 1.49. The van der Waals surface area contributed by atoms with Crippen molar-refractivity contribution < 1.29 is 0 Å². The minimum absolute atomic E-state index is 0. The molecule has 14 heavy (non-hydrogen) atoms. The fraction of sp³-hybridized carbons (Fsp3) is 1.00. The average molecular weight is 241 g/mol. The van der Waals surface area contributed by atoms with Crippen LogP contribution in [0.15, 0.2) is 0 Å². The summed E-state index contributed by atoms with van der Waals surface area (Å²) in [5.41, 5.74) is 0.304. The molecule has 1 saturated heterocycles. The lowest BCUT2D eigenvalue weighted by molar-refractivity contribution is 0.169. The number of fused-ring (bicyclic) bond motifs is 1. The van der Waals surface area contributed by atoms with Crippen LogP contribution in [-0.4, -0.2) is 24.2 Å². The van der Waals surface area contributed by atoms with Crippen LogP contribution in [0.1, 0.15) is 39.5 Å². The van der Waals surface area contributed by atoms with Crippen LogP contribution in [0.5, 0.6) is 0 Å². The molecule has 0 aromatic heterocycles. The Morgan fingerprint density at radius 1 is 1.00 bits per heavy atom. The van der Waals surface area contributed by atoms with Gasteiger partial charge in [0.25, 0.3) is 0 Å². The predicted octanol–water partition coefficient (Wildman–Crippen LogP) is 2.11. The van der Waals surface area contributed by atoms with E-state index in [1.54, 1.807) is 0 Å². The third-order valence-electron chi connectivity index (χ3n) is 3.15. The molecule has 2 unspecified atom stereocenters. The van der Waals surface area contributed by atoms with E-state index in [4.69, 9.17) is 0 Å². The molecule has 2 nitrogen and oxygen atoms in total. The summed E-state index contributed by atoms with van der Waals surface area (Å²) in [4.78, 5) is 0. The minimum atomic E-state index is 0. The highest BCUT2D eigenvalue weighted by atomic mass is 35.5. The molecular formula is C10H22Cl2N2. The molecule has 0 aromatic rings. The van der Waals surface area contributed by atoms with Crippen LogP contribution in [0.25, 0.3) is 0 Å². The summed E-state index contributed by atoms with van der Waals surface area (Å²) in [5, 5.41) is 7.38. The van der Waals surface area contributed by atoms with Gasteiger partial charge in [-0.1, -0.05) is 12.8 Å². The van der Waals surface area contributed by atoms with Gasteiger partial charge in [0.15, 0.2) is 0 Å². The molecule has 0 amide bonds. The van der Waals surface area contributed by atoms with Crippen LogP contribution < -0.4 is 10.6 Å². The van der Waals surface area contributed by atoms with E-state index >= 15 is 0 Å². The molecule has 2 N–H and O–H groups in total. The topological polar surface area (TPSA) is 24.1 Å². The monoisotopic (exact) mass is 240 g/mol. The first-order valence-electron chi connectivity index (χ1n) is 5.18. The Kier molecular flexibility index (Phi) is 5.75. The zero-order valence-electron chi connectivity index (χ0n) is 9.01. The summed E-state index contributed by atoms with van der Waals surface area (Å²) in [7, 11) is 0. The molecule has 1 heterocycles. The summed E-state index contributed by atoms with van der Waals surface area (Å²) >= 11 is 0. The van der Waals surface area contributed by atoms with Crippen LogP contribution in [-0.2, 0) is 0 Å². The van der Waals surface area contributed by atoms with Crippen molar-refractivity contribution in [3.63, 3.8) is 0 Å². The second-order valence-corrected chi connectivity index (χ2v) is 4.91. The second kappa shape index (κ2) is 5.55. The lowest BCUT2D eigenvalue weighted by atomic mass is 9.85. The Morgan fingerprint density at radius 3 is 2.21 bits per heavy atom. The quantitative estimate of drug-likeness (QED) is 0.678. The molecule has 0 spiro atoms. The first-order valence-corrected chi connectivity index (χ1v) is 5.18. The van der Waals surface area contributed by atoms with Crippen LogP contribution in [0, 0.1) is 0 Å². The Labute approximate surface area is 99.4 Å². The van der Waals surface area contributed by atoms with Crippen LogP contribution >= 0.6 is 24.8 Å². The first kappa shape index (κ1) is 14.5. The van der Waals surface area contributed by atoms with E-state index in [-0.39, 0.29) is 24.8 Å². The van der Waals surface area contributed by atoms with Gasteiger partial charge in [0, 0.05) is 24.2 Å². The Balaban J connectivity index is 0.000000845. The second-order valence-electron chi connectivity index (χ2n) is 4.91. The lowest BCUT2D eigenvalue weighted by Crippen LogP contribution is -2.66. The van der Waals surface area contributed by atoms with Crippen molar-refractivity contribution in [3.8, 4) is 0 Å². The Morgan fingerprint density at radius 2 is 1.57 bits per heavy atom. The van der Waals surface area contributed by atoms with Gasteiger partial charge < -0.3 is 10.6 Å². The highest BCUT2D eigenvalue weighted by molar-refractivity contribution is 5.85. The number of hydrogen-bond donors (Lipinski definition) is 2. The maximum Gasteiger partial charge on any atom is 0.0252 e. The maximum absolute atomic E-state index is 3.73. The SMILES string of the molecule is CC1(C)CNC2CCCCC2N1.Cl.Cl. The van der Waals surface area contributed by atoms with Gasteiger partial charge in [0.05, 0.1) is 0 Å². The Hall–Kier alpha value is 0.500. The van der Waals surface area contributed by atoms with Gasteiger partial charge >= 0.3 is 0 Å². The highest BCUT2D eigenvalue weighted by Crippen LogP contribution is 2.23. The van der Waals surface area contributed by atoms with Gasteiger partial charge in [0.1, 0.15) is 0 Å². The minimum Gasteiger partial charge on any atom is -0.311 e. The molecule has 2 rings (SSSR count). The smallest absolute Gasteiger partial charge is 0.0252 e. The van der Waals surface area contributed by atoms with E-state index in [0.717, 1.165) is 18.6 Å². The van der Waals surface area contributed by atoms with Crippen LogP contribution in [0.3, 0.4) is 0 Å². The van der Waals surface area contributed by atoms with Gasteiger partial charge in [0.2, 0.25) is 0 Å². The summed E-state index contributed by atoms with van der Waals surface area (Å²) in [6.07, 6.45) is 5.55. The zero-order chi connectivity index (χ0) is 8.60. The molecule has 0 aromatic carbocycles. The third-order valence-corrected chi connectivity index (χ3v) is 3.15. The molecule has 0 bridgehead atoms. The van der Waals surface area contributed by atoms with E-state index in [2.05, 4.69) is 24.5 Å². The van der Waals surface area contributed by atoms with Crippen LogP contribution in [0.4, 0.5) is 0 Å². The van der Waals surface area contributed by atoms with E-state index in [9.17, 15) is 0 Å². The average Bonchev–Trinajstić information content (AvgIpc) is 2.02. The van der Waals surface area contributed by atoms with Crippen molar-refractivity contribution in [3.05, 3.63) is 0 Å². The number of piperazine rings is 1. The summed E-state index contributed by atoms with van der Waals surface area (Å²) in [5.74, 6) is 0. The normalized spacial score (nSPS) is 34.7. The Bertz CT molecular complexity index is 174. The van der Waals surface area contributed by atoms with Crippen molar-refractivity contribution in [2.24, 2.45) is 0 Å². The number of hydrogen-bond acceptors (Lipinski definition) is 2. The third kappa shape index (κ3) is 3.27. The van der Waals surface area contributed by atoms with Crippen molar-refractivity contribution in [2.75, 3.05) is 6.54 Å². The van der Waals surface area contributed by atoms with E-state index in [1.165, 1.54) is 25.7 Å². The number of halogens is 2. The molecule has 4 heteroatoms. The van der Waals surface area contributed by atoms with Crippen molar-refractivity contribution >= 4 is 24.8 Å². The molecule has 86 valence electrons. The zero-order valence-corrected chi connectivity index (χ0v) is 10.6.